The number of rotatable bonds is 3. The zero-order valence-electron chi connectivity index (χ0n) is 10.6. The van der Waals surface area contributed by atoms with Crippen molar-refractivity contribution in [3.8, 4) is 0 Å². The van der Waals surface area contributed by atoms with Crippen molar-refractivity contribution in [2.45, 2.75) is 6.10 Å². The standard InChI is InChI=1S/C12H18ClN3O2/c1-14-6-10-8-16(3-4-18-10)12(17)11-5-9(13)7-15(11)2/h5,7,10,14H,3-4,6,8H2,1-2H3. The molecule has 6 heteroatoms. The predicted molar refractivity (Wildman–Crippen MR) is 70.0 cm³/mol. The minimum absolute atomic E-state index is 0.00815. The lowest BCUT2D eigenvalue weighted by Gasteiger charge is -2.32. The van der Waals surface area contributed by atoms with Crippen molar-refractivity contribution in [1.82, 2.24) is 14.8 Å². The number of likely N-dealkylation sites (N-methyl/N-ethyl adjacent to an activating group) is 1. The number of carbonyl (C=O) groups is 1. The summed E-state index contributed by atoms with van der Waals surface area (Å²) in [6, 6.07) is 1.70. The van der Waals surface area contributed by atoms with Crippen LogP contribution in [-0.4, -0.2) is 54.8 Å². The second-order valence-corrected chi connectivity index (χ2v) is 4.89. The Kier molecular flexibility index (Phi) is 4.27. The highest BCUT2D eigenvalue weighted by atomic mass is 35.5. The molecular formula is C12H18ClN3O2. The van der Waals surface area contributed by atoms with Crippen LogP contribution >= 0.6 is 11.6 Å². The van der Waals surface area contributed by atoms with E-state index < -0.39 is 0 Å². The van der Waals surface area contributed by atoms with E-state index >= 15 is 0 Å². The number of hydrogen-bond acceptors (Lipinski definition) is 3. The maximum absolute atomic E-state index is 12.4. The Morgan fingerprint density at radius 1 is 1.67 bits per heavy atom. The lowest BCUT2D eigenvalue weighted by atomic mass is 10.2. The minimum Gasteiger partial charge on any atom is -0.373 e. The van der Waals surface area contributed by atoms with Crippen molar-refractivity contribution in [3.05, 3.63) is 23.0 Å². The molecule has 1 N–H and O–H groups in total. The fourth-order valence-electron chi connectivity index (χ4n) is 2.15. The molecule has 18 heavy (non-hydrogen) atoms. The molecule has 0 saturated carbocycles. The summed E-state index contributed by atoms with van der Waals surface area (Å²) in [6.45, 7) is 2.57. The van der Waals surface area contributed by atoms with Crippen molar-refractivity contribution in [2.24, 2.45) is 7.05 Å². The Balaban J connectivity index is 2.06. The Morgan fingerprint density at radius 2 is 2.44 bits per heavy atom. The quantitative estimate of drug-likeness (QED) is 0.882. The summed E-state index contributed by atoms with van der Waals surface area (Å²) in [7, 11) is 3.70. The summed E-state index contributed by atoms with van der Waals surface area (Å²) in [5, 5.41) is 3.65. The van der Waals surface area contributed by atoms with Gasteiger partial charge >= 0.3 is 0 Å². The number of aromatic nitrogens is 1. The topological polar surface area (TPSA) is 46.5 Å². The maximum Gasteiger partial charge on any atom is 0.270 e. The summed E-state index contributed by atoms with van der Waals surface area (Å²) < 4.78 is 7.34. The molecule has 0 bridgehead atoms. The molecule has 100 valence electrons. The van der Waals surface area contributed by atoms with Gasteiger partial charge in [0.1, 0.15) is 5.69 Å². The molecule has 1 amide bonds. The largest absolute Gasteiger partial charge is 0.373 e. The molecule has 5 nitrogen and oxygen atoms in total. The normalized spacial score (nSPS) is 20.2. The van der Waals surface area contributed by atoms with Crippen LogP contribution in [0, 0.1) is 0 Å². The van der Waals surface area contributed by atoms with Gasteiger partial charge in [-0.2, -0.15) is 0 Å². The van der Waals surface area contributed by atoms with E-state index in [-0.39, 0.29) is 12.0 Å². The molecule has 0 aromatic carbocycles. The average molecular weight is 272 g/mol. The van der Waals surface area contributed by atoms with Crippen molar-refractivity contribution in [1.29, 1.82) is 0 Å². The first kappa shape index (κ1) is 13.4. The van der Waals surface area contributed by atoms with Crippen LogP contribution in [-0.2, 0) is 11.8 Å². The zero-order chi connectivity index (χ0) is 13.1. The van der Waals surface area contributed by atoms with Gasteiger partial charge in [-0.15, -0.1) is 0 Å². The molecule has 1 aliphatic heterocycles. The molecular weight excluding hydrogens is 254 g/mol. The zero-order valence-corrected chi connectivity index (χ0v) is 11.4. The van der Waals surface area contributed by atoms with Gasteiger partial charge in [0.25, 0.3) is 5.91 Å². The lowest BCUT2D eigenvalue weighted by Crippen LogP contribution is -2.48. The van der Waals surface area contributed by atoms with E-state index in [9.17, 15) is 4.79 Å². The van der Waals surface area contributed by atoms with Crippen LogP contribution in [0.2, 0.25) is 5.02 Å². The highest BCUT2D eigenvalue weighted by Crippen LogP contribution is 2.16. The van der Waals surface area contributed by atoms with E-state index in [2.05, 4.69) is 5.32 Å². The first-order valence-electron chi connectivity index (χ1n) is 5.99. The third-order valence-corrected chi connectivity index (χ3v) is 3.26. The SMILES string of the molecule is CNCC1CN(C(=O)c2cc(Cl)cn2C)CCO1. The number of ether oxygens (including phenoxy) is 1. The number of morpholine rings is 1. The van der Waals surface area contributed by atoms with Crippen molar-refractivity contribution < 1.29 is 9.53 Å². The molecule has 1 aromatic rings. The molecule has 0 radical (unpaired) electrons. The lowest BCUT2D eigenvalue weighted by molar-refractivity contribution is -0.0199. The van der Waals surface area contributed by atoms with Gasteiger partial charge in [-0.25, -0.2) is 0 Å². The second-order valence-electron chi connectivity index (χ2n) is 4.46. The smallest absolute Gasteiger partial charge is 0.270 e. The number of halogens is 1. The number of aryl methyl sites for hydroxylation is 1. The summed E-state index contributed by atoms with van der Waals surface area (Å²) >= 11 is 5.90. The van der Waals surface area contributed by atoms with Crippen LogP contribution in [0.25, 0.3) is 0 Å². The van der Waals surface area contributed by atoms with E-state index in [0.29, 0.717) is 30.4 Å². The second kappa shape index (κ2) is 5.73. The fraction of sp³-hybridized carbons (Fsp3) is 0.583. The molecule has 1 unspecified atom stereocenters. The minimum atomic E-state index is 0.00815. The Hall–Kier alpha value is -1.04. The van der Waals surface area contributed by atoms with Gasteiger partial charge in [-0.1, -0.05) is 11.6 Å². The molecule has 2 heterocycles. The highest BCUT2D eigenvalue weighted by molar-refractivity contribution is 6.31. The van der Waals surface area contributed by atoms with Crippen LogP contribution in [0.4, 0.5) is 0 Å². The number of carbonyl (C=O) groups excluding carboxylic acids is 1. The van der Waals surface area contributed by atoms with E-state index in [1.165, 1.54) is 0 Å². The van der Waals surface area contributed by atoms with Crippen molar-refractivity contribution in [3.63, 3.8) is 0 Å². The van der Waals surface area contributed by atoms with Crippen LogP contribution in [0.3, 0.4) is 0 Å². The van der Waals surface area contributed by atoms with Gasteiger partial charge < -0.3 is 19.5 Å². The third kappa shape index (κ3) is 2.85. The molecule has 2 rings (SSSR count). The summed E-state index contributed by atoms with van der Waals surface area (Å²) in [4.78, 5) is 14.2. The van der Waals surface area contributed by atoms with Crippen molar-refractivity contribution >= 4 is 17.5 Å². The first-order chi connectivity index (χ1) is 8.61. The van der Waals surface area contributed by atoms with Crippen LogP contribution < -0.4 is 5.32 Å². The van der Waals surface area contributed by atoms with Gasteiger partial charge in [0.05, 0.1) is 17.7 Å². The number of amides is 1. The van der Waals surface area contributed by atoms with Gasteiger partial charge in [-0.3, -0.25) is 4.79 Å². The van der Waals surface area contributed by atoms with Crippen molar-refractivity contribution in [2.75, 3.05) is 33.3 Å². The molecule has 1 saturated heterocycles. The number of nitrogens with one attached hydrogen (secondary N) is 1. The molecule has 1 fully saturated rings. The summed E-state index contributed by atoms with van der Waals surface area (Å²) in [5.41, 5.74) is 0.616. The Bertz CT molecular complexity index is 431. The van der Waals surface area contributed by atoms with E-state index in [0.717, 1.165) is 6.54 Å². The van der Waals surface area contributed by atoms with Gasteiger partial charge in [0.15, 0.2) is 0 Å². The van der Waals surface area contributed by atoms with Crippen LogP contribution in [0.1, 0.15) is 10.5 Å². The number of nitrogens with zero attached hydrogens (tertiary/aromatic N) is 2. The van der Waals surface area contributed by atoms with Gasteiger partial charge in [0.2, 0.25) is 0 Å². The van der Waals surface area contributed by atoms with E-state index in [1.807, 2.05) is 19.0 Å². The molecule has 0 aliphatic carbocycles. The Morgan fingerprint density at radius 3 is 3.06 bits per heavy atom. The van der Waals surface area contributed by atoms with Crippen LogP contribution in [0.5, 0.6) is 0 Å². The Labute approximate surface area is 112 Å². The molecule has 1 aromatic heterocycles. The molecule has 1 atom stereocenters. The third-order valence-electron chi connectivity index (χ3n) is 3.05. The highest BCUT2D eigenvalue weighted by Gasteiger charge is 2.26. The first-order valence-corrected chi connectivity index (χ1v) is 6.37. The van der Waals surface area contributed by atoms with Gasteiger partial charge in [-0.05, 0) is 13.1 Å². The van der Waals surface area contributed by atoms with Gasteiger partial charge in [0, 0.05) is 32.9 Å². The molecule has 1 aliphatic rings. The number of hydrogen-bond donors (Lipinski definition) is 1. The average Bonchev–Trinajstić information content (AvgIpc) is 2.68. The summed E-state index contributed by atoms with van der Waals surface area (Å²) in [6.07, 6.45) is 1.80. The van der Waals surface area contributed by atoms with Crippen LogP contribution in [0.15, 0.2) is 12.3 Å². The maximum atomic E-state index is 12.4. The van der Waals surface area contributed by atoms with E-state index in [4.69, 9.17) is 16.3 Å². The van der Waals surface area contributed by atoms with E-state index in [1.54, 1.807) is 16.8 Å². The predicted octanol–water partition coefficient (Wildman–Crippen LogP) is 0.739. The molecule has 0 spiro atoms. The monoisotopic (exact) mass is 271 g/mol. The summed E-state index contributed by atoms with van der Waals surface area (Å²) in [5.74, 6) is 0.00815. The fourth-order valence-corrected chi connectivity index (χ4v) is 2.40.